The fourth-order valence-electron chi connectivity index (χ4n) is 1.12. The van der Waals surface area contributed by atoms with Crippen LogP contribution in [-0.4, -0.2) is 16.9 Å². The van der Waals surface area contributed by atoms with E-state index >= 15 is 0 Å². The van der Waals surface area contributed by atoms with Gasteiger partial charge in [-0.2, -0.15) is 4.99 Å². The lowest BCUT2D eigenvalue weighted by Gasteiger charge is -2.18. The molecular weight excluding hydrogens is 270 g/mol. The predicted molar refractivity (Wildman–Crippen MR) is 68.6 cm³/mol. The maximum Gasteiger partial charge on any atom is 0.309 e. The van der Waals surface area contributed by atoms with Gasteiger partial charge in [0.25, 0.3) is 0 Å². The first-order chi connectivity index (χ1) is 7.57. The molecule has 1 aromatic rings. The van der Waals surface area contributed by atoms with Gasteiger partial charge in [0.2, 0.25) is 5.96 Å². The second-order valence-corrected chi connectivity index (χ2v) is 4.63. The summed E-state index contributed by atoms with van der Waals surface area (Å²) in [5.74, 6) is 0.383. The van der Waals surface area contributed by atoms with E-state index < -0.39 is 4.58 Å². The lowest BCUT2D eigenvalue weighted by Crippen LogP contribution is -2.36. The molecule has 0 spiro atoms. The highest BCUT2D eigenvalue weighted by Gasteiger charge is 2.24. The number of aliphatic imine (C=N–C) groups is 2. The van der Waals surface area contributed by atoms with Crippen molar-refractivity contribution in [2.24, 2.45) is 9.98 Å². The molecule has 0 fully saturated rings. The summed E-state index contributed by atoms with van der Waals surface area (Å²) in [5.41, 5.74) is 0.704. The maximum absolute atomic E-state index is 5.97. The standard InChI is InChI=1S/C9H7Cl3N4/c10-6-3-1-2-4-7(6)15-8-13-5-14-9(11,12)16-8/h1-5H,(H2,13,14,15,16). The summed E-state index contributed by atoms with van der Waals surface area (Å²) in [6, 6.07) is 7.25. The van der Waals surface area contributed by atoms with Gasteiger partial charge in [0.15, 0.2) is 0 Å². The number of guanidine groups is 1. The Morgan fingerprint density at radius 1 is 1.25 bits per heavy atom. The highest BCUT2D eigenvalue weighted by molar-refractivity contribution is 6.49. The van der Waals surface area contributed by atoms with Crippen molar-refractivity contribution in [2.75, 3.05) is 5.32 Å². The Balaban J connectivity index is 2.18. The molecule has 0 aliphatic carbocycles. The minimum absolute atomic E-state index is 0.383. The molecule has 0 atom stereocenters. The zero-order valence-electron chi connectivity index (χ0n) is 7.92. The van der Waals surface area contributed by atoms with Crippen LogP contribution >= 0.6 is 34.8 Å². The molecule has 0 radical (unpaired) electrons. The van der Waals surface area contributed by atoms with E-state index in [-0.39, 0.29) is 0 Å². The van der Waals surface area contributed by atoms with E-state index in [2.05, 4.69) is 20.6 Å². The van der Waals surface area contributed by atoms with Crippen LogP contribution < -0.4 is 10.6 Å². The summed E-state index contributed by atoms with van der Waals surface area (Å²) in [6.07, 6.45) is 1.37. The molecule has 84 valence electrons. The van der Waals surface area contributed by atoms with E-state index in [1.165, 1.54) is 6.34 Å². The Labute approximate surface area is 107 Å². The minimum Gasteiger partial charge on any atom is -0.325 e. The Kier molecular flexibility index (Phi) is 3.23. The Hall–Kier alpha value is -0.970. The van der Waals surface area contributed by atoms with E-state index in [1.807, 2.05) is 18.2 Å². The average molecular weight is 278 g/mol. The largest absolute Gasteiger partial charge is 0.325 e. The first kappa shape index (κ1) is 11.5. The summed E-state index contributed by atoms with van der Waals surface area (Å²) in [5, 5.41) is 6.30. The number of rotatable bonds is 1. The molecule has 1 aliphatic rings. The molecular formula is C9H7Cl3N4. The van der Waals surface area contributed by atoms with E-state index in [9.17, 15) is 0 Å². The fourth-order valence-corrected chi connectivity index (χ4v) is 1.57. The first-order valence-corrected chi connectivity index (χ1v) is 5.50. The highest BCUT2D eigenvalue weighted by Crippen LogP contribution is 2.26. The van der Waals surface area contributed by atoms with Crippen LogP contribution in [0.3, 0.4) is 0 Å². The molecule has 4 nitrogen and oxygen atoms in total. The third-order valence-corrected chi connectivity index (χ3v) is 2.49. The summed E-state index contributed by atoms with van der Waals surface area (Å²) >= 11 is 17.4. The third-order valence-electron chi connectivity index (χ3n) is 1.79. The molecule has 1 heterocycles. The fraction of sp³-hybridized carbons (Fsp3) is 0.111. The van der Waals surface area contributed by atoms with Gasteiger partial charge in [-0.15, -0.1) is 0 Å². The number of hydrogen-bond acceptors (Lipinski definition) is 4. The second-order valence-electron chi connectivity index (χ2n) is 2.98. The molecule has 2 rings (SSSR count). The number of alkyl halides is 2. The SMILES string of the molecule is Clc1ccccc1NC1=NC(Cl)(Cl)N=CN1. The Morgan fingerprint density at radius 3 is 2.69 bits per heavy atom. The van der Waals surface area contributed by atoms with Gasteiger partial charge < -0.3 is 10.6 Å². The molecule has 7 heteroatoms. The number of anilines is 1. The third kappa shape index (κ3) is 2.78. The summed E-state index contributed by atoms with van der Waals surface area (Å²) in [4.78, 5) is 7.63. The van der Waals surface area contributed by atoms with Gasteiger partial charge in [-0.1, -0.05) is 23.7 Å². The quantitative estimate of drug-likeness (QED) is 0.612. The Morgan fingerprint density at radius 2 is 2.00 bits per heavy atom. The van der Waals surface area contributed by atoms with E-state index in [0.717, 1.165) is 0 Å². The summed E-state index contributed by atoms with van der Waals surface area (Å²) in [7, 11) is 0. The van der Waals surface area contributed by atoms with Crippen molar-refractivity contribution >= 4 is 52.8 Å². The zero-order valence-corrected chi connectivity index (χ0v) is 10.2. The van der Waals surface area contributed by atoms with Crippen LogP contribution in [0.25, 0.3) is 0 Å². The van der Waals surface area contributed by atoms with Crippen molar-refractivity contribution < 1.29 is 0 Å². The predicted octanol–water partition coefficient (Wildman–Crippen LogP) is 2.83. The molecule has 1 aliphatic heterocycles. The molecule has 0 bridgehead atoms. The van der Waals surface area contributed by atoms with Gasteiger partial charge in [0, 0.05) is 0 Å². The van der Waals surface area contributed by atoms with E-state index in [4.69, 9.17) is 34.8 Å². The minimum atomic E-state index is -1.49. The van der Waals surface area contributed by atoms with Gasteiger partial charge in [0.1, 0.15) is 0 Å². The molecule has 0 amide bonds. The van der Waals surface area contributed by atoms with Gasteiger partial charge in [-0.25, -0.2) is 4.99 Å². The van der Waals surface area contributed by atoms with Gasteiger partial charge in [0.05, 0.1) is 17.0 Å². The molecule has 0 saturated heterocycles. The monoisotopic (exact) mass is 276 g/mol. The normalized spacial score (nSPS) is 17.6. The van der Waals surface area contributed by atoms with Crippen LogP contribution in [0.4, 0.5) is 5.69 Å². The van der Waals surface area contributed by atoms with Crippen molar-refractivity contribution in [1.29, 1.82) is 0 Å². The van der Waals surface area contributed by atoms with Crippen molar-refractivity contribution in [3.8, 4) is 0 Å². The molecule has 0 aromatic heterocycles. The first-order valence-electron chi connectivity index (χ1n) is 4.36. The lowest BCUT2D eigenvalue weighted by atomic mass is 10.3. The van der Waals surface area contributed by atoms with Crippen molar-refractivity contribution in [3.63, 3.8) is 0 Å². The van der Waals surface area contributed by atoms with E-state index in [0.29, 0.717) is 16.7 Å². The van der Waals surface area contributed by atoms with Crippen LogP contribution in [0.2, 0.25) is 5.02 Å². The number of nitrogens with zero attached hydrogens (tertiary/aromatic N) is 2. The smallest absolute Gasteiger partial charge is 0.309 e. The van der Waals surface area contributed by atoms with Crippen LogP contribution in [0.5, 0.6) is 0 Å². The number of nitrogens with one attached hydrogen (secondary N) is 2. The Bertz CT molecular complexity index is 456. The molecule has 16 heavy (non-hydrogen) atoms. The van der Waals surface area contributed by atoms with Gasteiger partial charge in [-0.05, 0) is 35.3 Å². The topological polar surface area (TPSA) is 48.8 Å². The van der Waals surface area contributed by atoms with Crippen molar-refractivity contribution in [3.05, 3.63) is 29.3 Å². The zero-order chi connectivity index (χ0) is 11.6. The molecule has 0 saturated carbocycles. The second kappa shape index (κ2) is 4.49. The number of halogens is 3. The van der Waals surface area contributed by atoms with Crippen molar-refractivity contribution in [1.82, 2.24) is 5.32 Å². The van der Waals surface area contributed by atoms with Crippen LogP contribution in [0.1, 0.15) is 0 Å². The number of benzene rings is 1. The number of hydrogen-bond donors (Lipinski definition) is 2. The number of para-hydroxylation sites is 1. The average Bonchev–Trinajstić information content (AvgIpc) is 2.20. The van der Waals surface area contributed by atoms with Crippen molar-refractivity contribution in [2.45, 2.75) is 4.58 Å². The van der Waals surface area contributed by atoms with E-state index in [1.54, 1.807) is 6.07 Å². The van der Waals surface area contributed by atoms with Gasteiger partial charge in [-0.3, -0.25) is 0 Å². The lowest BCUT2D eigenvalue weighted by molar-refractivity contribution is 0.858. The summed E-state index contributed by atoms with van der Waals surface area (Å²) < 4.78 is -1.49. The van der Waals surface area contributed by atoms with Crippen LogP contribution in [-0.2, 0) is 0 Å². The van der Waals surface area contributed by atoms with Gasteiger partial charge >= 0.3 is 4.58 Å². The maximum atomic E-state index is 5.97. The molecule has 1 aromatic carbocycles. The molecule has 0 unspecified atom stereocenters. The van der Waals surface area contributed by atoms with Crippen LogP contribution in [0, 0.1) is 0 Å². The summed E-state index contributed by atoms with van der Waals surface area (Å²) in [6.45, 7) is 0. The highest BCUT2D eigenvalue weighted by atomic mass is 35.5. The van der Waals surface area contributed by atoms with Crippen LogP contribution in [0.15, 0.2) is 34.3 Å². The molecule has 2 N–H and O–H groups in total.